The molecule has 0 aliphatic heterocycles. The summed E-state index contributed by atoms with van der Waals surface area (Å²) >= 11 is 0. The Bertz CT molecular complexity index is 1370. The molecule has 0 saturated carbocycles. The minimum Gasteiger partial charge on any atom is -0.462 e. The summed E-state index contributed by atoms with van der Waals surface area (Å²) in [6.07, 6.45) is 77.4. The Morgan fingerprint density at radius 2 is 0.577 bits per heavy atom. The average molecular weight is 990 g/mol. The summed E-state index contributed by atoms with van der Waals surface area (Å²) < 4.78 is 16.8. The van der Waals surface area contributed by atoms with Gasteiger partial charge in [0.25, 0.3) is 0 Å². The minimum atomic E-state index is -0.819. The second-order valence-electron chi connectivity index (χ2n) is 19.9. The highest BCUT2D eigenvalue weighted by molar-refractivity contribution is 5.71. The number of esters is 3. The number of hydrogen-bond donors (Lipinski definition) is 0. The van der Waals surface area contributed by atoms with Gasteiger partial charge >= 0.3 is 17.9 Å². The number of allylic oxidation sites excluding steroid dienone is 14. The van der Waals surface area contributed by atoms with Gasteiger partial charge in [-0.05, 0) is 83.5 Å². The van der Waals surface area contributed by atoms with Crippen LogP contribution in [0.1, 0.15) is 290 Å². The highest BCUT2D eigenvalue weighted by atomic mass is 16.6. The molecule has 6 nitrogen and oxygen atoms in total. The number of carbonyl (C=O) groups excluding carboxylic acids is 3. The zero-order valence-electron chi connectivity index (χ0n) is 46.7. The molecular weight excluding hydrogens is 877 g/mol. The second kappa shape index (κ2) is 59.2. The quantitative estimate of drug-likeness (QED) is 0.0261. The van der Waals surface area contributed by atoms with Crippen LogP contribution in [0.4, 0.5) is 0 Å². The number of hydrogen-bond acceptors (Lipinski definition) is 6. The summed E-state index contributed by atoms with van der Waals surface area (Å²) in [5.74, 6) is -0.991. The van der Waals surface area contributed by atoms with Crippen LogP contribution in [0.2, 0.25) is 0 Å². The van der Waals surface area contributed by atoms with Crippen LogP contribution in [0.5, 0.6) is 0 Å². The molecule has 0 spiro atoms. The summed E-state index contributed by atoms with van der Waals surface area (Å²) in [7, 11) is 0. The molecule has 0 radical (unpaired) electrons. The SMILES string of the molecule is CC/C=C\C/C=C\C/C=C\C/C=C\C/C=C\C/C=C\CCC(=O)OC(COC(=O)CCCCCCC/C=C\CCCCCCC)COC(=O)CCCCCCCCCCCCCCCCCCCCCC. The van der Waals surface area contributed by atoms with Crippen LogP contribution in [0.25, 0.3) is 0 Å². The van der Waals surface area contributed by atoms with Crippen LogP contribution in [0, 0.1) is 0 Å². The number of ether oxygens (including phenoxy) is 3. The molecule has 0 fully saturated rings. The molecule has 6 heteroatoms. The molecule has 1 unspecified atom stereocenters. The Labute approximate surface area is 439 Å². The summed E-state index contributed by atoms with van der Waals surface area (Å²) in [6, 6.07) is 0. The van der Waals surface area contributed by atoms with Gasteiger partial charge in [-0.15, -0.1) is 0 Å². The molecule has 0 heterocycles. The first-order chi connectivity index (χ1) is 35.0. The summed E-state index contributed by atoms with van der Waals surface area (Å²) in [4.78, 5) is 38.2. The fourth-order valence-electron chi connectivity index (χ4n) is 8.41. The van der Waals surface area contributed by atoms with Crippen LogP contribution < -0.4 is 0 Å². The van der Waals surface area contributed by atoms with E-state index in [4.69, 9.17) is 14.2 Å². The van der Waals surface area contributed by atoms with Gasteiger partial charge in [0.1, 0.15) is 13.2 Å². The minimum absolute atomic E-state index is 0.107. The summed E-state index contributed by atoms with van der Waals surface area (Å²) in [5, 5.41) is 0. The van der Waals surface area contributed by atoms with E-state index >= 15 is 0 Å². The van der Waals surface area contributed by atoms with Crippen molar-refractivity contribution < 1.29 is 28.6 Å². The highest BCUT2D eigenvalue weighted by Crippen LogP contribution is 2.16. The maximum atomic E-state index is 12.8. The maximum absolute atomic E-state index is 12.8. The van der Waals surface area contributed by atoms with Crippen LogP contribution in [-0.4, -0.2) is 37.2 Å². The van der Waals surface area contributed by atoms with Gasteiger partial charge < -0.3 is 14.2 Å². The van der Waals surface area contributed by atoms with Crippen LogP contribution in [-0.2, 0) is 28.6 Å². The van der Waals surface area contributed by atoms with Gasteiger partial charge in [-0.1, -0.05) is 273 Å². The van der Waals surface area contributed by atoms with Crippen molar-refractivity contribution in [2.24, 2.45) is 0 Å². The average Bonchev–Trinajstić information content (AvgIpc) is 3.37. The fraction of sp³-hybridized carbons (Fsp3) is 0.738. The van der Waals surface area contributed by atoms with Crippen LogP contribution >= 0.6 is 0 Å². The van der Waals surface area contributed by atoms with E-state index in [1.165, 1.54) is 154 Å². The van der Waals surface area contributed by atoms with Crippen LogP contribution in [0.15, 0.2) is 85.1 Å². The van der Waals surface area contributed by atoms with Gasteiger partial charge in [0.2, 0.25) is 0 Å². The van der Waals surface area contributed by atoms with Crippen LogP contribution in [0.3, 0.4) is 0 Å². The predicted molar refractivity (Wildman–Crippen MR) is 307 cm³/mol. The van der Waals surface area contributed by atoms with Crippen molar-refractivity contribution in [1.29, 1.82) is 0 Å². The molecule has 1 atom stereocenters. The molecule has 0 rings (SSSR count). The van der Waals surface area contributed by atoms with Crippen molar-refractivity contribution in [3.05, 3.63) is 85.1 Å². The first-order valence-electron chi connectivity index (χ1n) is 30.1. The zero-order valence-corrected chi connectivity index (χ0v) is 46.7. The van der Waals surface area contributed by atoms with Crippen molar-refractivity contribution in [2.45, 2.75) is 297 Å². The lowest BCUT2D eigenvalue weighted by molar-refractivity contribution is -0.166. The van der Waals surface area contributed by atoms with Crippen molar-refractivity contribution in [2.75, 3.05) is 13.2 Å². The third-order valence-corrected chi connectivity index (χ3v) is 12.9. The molecule has 0 amide bonds. The standard InChI is InChI=1S/C65H112O6/c1-4-7-10-13-16-19-22-25-28-30-32-34-35-37-40-43-46-49-52-55-58-64(67)70-61-62(60-69-63(66)57-54-51-48-45-42-39-27-24-21-18-15-12-9-6-3)71-65(68)59-56-53-50-47-44-41-38-36-33-31-29-26-23-20-17-14-11-8-5-2/h8,11,17,20,24,26-27,29,33,36,41,44,50,53,62H,4-7,9-10,12-16,18-19,21-23,25,28,30-32,34-35,37-40,42-43,45-49,51-52,54-61H2,1-3H3/b11-8-,20-17-,27-24-,29-26-,36-33-,44-41-,53-50-. The third kappa shape index (κ3) is 57.4. The number of unbranched alkanes of at least 4 members (excludes halogenated alkanes) is 29. The zero-order chi connectivity index (χ0) is 51.4. The van der Waals surface area contributed by atoms with Crippen molar-refractivity contribution in [3.63, 3.8) is 0 Å². The van der Waals surface area contributed by atoms with Crippen molar-refractivity contribution in [1.82, 2.24) is 0 Å². The molecule has 0 saturated heterocycles. The molecule has 0 bridgehead atoms. The van der Waals surface area contributed by atoms with E-state index in [-0.39, 0.29) is 31.6 Å². The molecule has 0 aliphatic carbocycles. The maximum Gasteiger partial charge on any atom is 0.306 e. The van der Waals surface area contributed by atoms with Gasteiger partial charge in [-0.25, -0.2) is 0 Å². The molecular formula is C65H112O6. The normalized spacial score (nSPS) is 12.7. The number of rotatable bonds is 54. The number of carbonyl (C=O) groups is 3. The van der Waals surface area contributed by atoms with E-state index in [1.54, 1.807) is 0 Å². The Morgan fingerprint density at radius 1 is 0.296 bits per heavy atom. The first-order valence-corrected chi connectivity index (χ1v) is 30.1. The fourth-order valence-corrected chi connectivity index (χ4v) is 8.41. The van der Waals surface area contributed by atoms with E-state index in [0.717, 1.165) is 89.9 Å². The Balaban J connectivity index is 4.45. The smallest absolute Gasteiger partial charge is 0.306 e. The van der Waals surface area contributed by atoms with E-state index < -0.39 is 12.1 Å². The van der Waals surface area contributed by atoms with Gasteiger partial charge in [0.05, 0.1) is 0 Å². The van der Waals surface area contributed by atoms with Crippen molar-refractivity contribution in [3.8, 4) is 0 Å². The lowest BCUT2D eigenvalue weighted by Gasteiger charge is -2.18. The molecule has 0 N–H and O–H groups in total. The summed E-state index contributed by atoms with van der Waals surface area (Å²) in [6.45, 7) is 6.48. The lowest BCUT2D eigenvalue weighted by Crippen LogP contribution is -2.30. The van der Waals surface area contributed by atoms with E-state index in [1.807, 2.05) is 6.08 Å². The Hall–Kier alpha value is -3.41. The monoisotopic (exact) mass is 989 g/mol. The topological polar surface area (TPSA) is 78.9 Å². The predicted octanol–water partition coefficient (Wildman–Crippen LogP) is 20.3. The Morgan fingerprint density at radius 3 is 0.915 bits per heavy atom. The molecule has 408 valence electrons. The van der Waals surface area contributed by atoms with E-state index in [2.05, 4.69) is 99.8 Å². The van der Waals surface area contributed by atoms with Gasteiger partial charge in [-0.3, -0.25) is 14.4 Å². The van der Waals surface area contributed by atoms with Gasteiger partial charge in [0.15, 0.2) is 6.10 Å². The van der Waals surface area contributed by atoms with E-state index in [0.29, 0.717) is 19.3 Å². The molecule has 0 aromatic carbocycles. The van der Waals surface area contributed by atoms with Gasteiger partial charge in [0, 0.05) is 19.3 Å². The molecule has 0 aliphatic rings. The Kier molecular flexibility index (Phi) is 56.3. The van der Waals surface area contributed by atoms with Crippen molar-refractivity contribution >= 4 is 17.9 Å². The molecule has 71 heavy (non-hydrogen) atoms. The largest absolute Gasteiger partial charge is 0.462 e. The molecule has 0 aromatic heterocycles. The molecule has 0 aromatic rings. The second-order valence-corrected chi connectivity index (χ2v) is 19.9. The summed E-state index contributed by atoms with van der Waals surface area (Å²) in [5.41, 5.74) is 0. The lowest BCUT2D eigenvalue weighted by atomic mass is 10.0. The third-order valence-electron chi connectivity index (χ3n) is 12.9. The van der Waals surface area contributed by atoms with Gasteiger partial charge in [-0.2, -0.15) is 0 Å². The first kappa shape index (κ1) is 67.6. The highest BCUT2D eigenvalue weighted by Gasteiger charge is 2.19. The van der Waals surface area contributed by atoms with E-state index in [9.17, 15) is 14.4 Å².